The van der Waals surface area contributed by atoms with Gasteiger partial charge in [-0.1, -0.05) is 12.1 Å². The van der Waals surface area contributed by atoms with E-state index in [2.05, 4.69) is 37.3 Å². The van der Waals surface area contributed by atoms with Gasteiger partial charge in [-0.3, -0.25) is 4.90 Å². The normalized spacial score (nSPS) is 21.7. The van der Waals surface area contributed by atoms with Gasteiger partial charge in [-0.2, -0.15) is 18.3 Å². The van der Waals surface area contributed by atoms with Gasteiger partial charge in [-0.15, -0.1) is 5.10 Å². The summed E-state index contributed by atoms with van der Waals surface area (Å²) in [5, 5.41) is 13.0. The third-order valence-electron chi connectivity index (χ3n) is 6.83. The van der Waals surface area contributed by atoms with Gasteiger partial charge in [0, 0.05) is 41.7 Å². The zero-order valence-electron chi connectivity index (χ0n) is 18.5. The molecule has 0 amide bonds. The van der Waals surface area contributed by atoms with E-state index in [0.29, 0.717) is 23.6 Å². The van der Waals surface area contributed by atoms with Crippen LogP contribution in [0.2, 0.25) is 0 Å². The van der Waals surface area contributed by atoms with Crippen LogP contribution >= 0.6 is 0 Å². The number of benzene rings is 1. The molecule has 0 radical (unpaired) electrons. The van der Waals surface area contributed by atoms with E-state index in [0.717, 1.165) is 42.2 Å². The van der Waals surface area contributed by atoms with Crippen molar-refractivity contribution in [1.29, 1.82) is 0 Å². The fraction of sp³-hybridized carbons (Fsp3) is 0.435. The van der Waals surface area contributed by atoms with Gasteiger partial charge in [0.15, 0.2) is 5.82 Å². The number of aryl methyl sites for hydroxylation is 1. The van der Waals surface area contributed by atoms with Crippen molar-refractivity contribution in [3.8, 4) is 0 Å². The van der Waals surface area contributed by atoms with E-state index < -0.39 is 23.6 Å². The molecule has 0 saturated carbocycles. The van der Waals surface area contributed by atoms with Crippen molar-refractivity contribution in [2.45, 2.75) is 44.6 Å². The van der Waals surface area contributed by atoms with Gasteiger partial charge < -0.3 is 10.2 Å². The molecule has 5 rings (SSSR count). The Hall–Kier alpha value is -3.01. The number of nitrogens with zero attached hydrogens (tertiary/aromatic N) is 5. The number of pyridine rings is 1. The molecule has 1 N–H and O–H groups in total. The fourth-order valence-corrected chi connectivity index (χ4v) is 4.96. The summed E-state index contributed by atoms with van der Waals surface area (Å²) in [7, 11) is 2.12. The average Bonchev–Trinajstić information content (AvgIpc) is 3.11. The highest BCUT2D eigenvalue weighted by molar-refractivity contribution is 5.94. The summed E-state index contributed by atoms with van der Waals surface area (Å²) in [6.45, 7) is 5.31. The van der Waals surface area contributed by atoms with Gasteiger partial charge in [0.05, 0.1) is 23.3 Å². The fourth-order valence-electron chi connectivity index (χ4n) is 4.96. The molecule has 1 aromatic carbocycles. The van der Waals surface area contributed by atoms with Gasteiger partial charge in [-0.25, -0.2) is 9.37 Å². The first-order chi connectivity index (χ1) is 15.6. The minimum atomic E-state index is -4.76. The molecular weight excluding hydrogens is 436 g/mol. The van der Waals surface area contributed by atoms with E-state index in [1.54, 1.807) is 13.1 Å². The number of anilines is 2. The van der Waals surface area contributed by atoms with Crippen LogP contribution in [0.1, 0.15) is 36.2 Å². The first kappa shape index (κ1) is 21.8. The van der Waals surface area contributed by atoms with E-state index in [1.165, 1.54) is 12.1 Å². The van der Waals surface area contributed by atoms with Crippen molar-refractivity contribution >= 4 is 22.4 Å². The minimum absolute atomic E-state index is 0.0884. The number of rotatable bonds is 4. The van der Waals surface area contributed by atoms with Crippen molar-refractivity contribution in [3.05, 3.63) is 53.1 Å². The van der Waals surface area contributed by atoms with Crippen LogP contribution in [0.4, 0.5) is 29.2 Å². The Morgan fingerprint density at radius 3 is 2.64 bits per heavy atom. The molecule has 33 heavy (non-hydrogen) atoms. The third-order valence-corrected chi connectivity index (χ3v) is 6.83. The Bertz CT molecular complexity index is 1210. The SMILES string of the molecule is Cc1nnc(N[C@H](C)c2cccc(C(F)(F)F)c2F)c2cc(N3CCC4C3CN4C)ncc12. The van der Waals surface area contributed by atoms with Crippen LogP contribution in [0.25, 0.3) is 10.8 Å². The highest BCUT2D eigenvalue weighted by Crippen LogP contribution is 2.37. The Balaban J connectivity index is 1.49. The second-order valence-electron chi connectivity index (χ2n) is 8.85. The smallest absolute Gasteiger partial charge is 0.361 e. The molecule has 2 fully saturated rings. The lowest BCUT2D eigenvalue weighted by Crippen LogP contribution is -2.60. The monoisotopic (exact) mass is 460 g/mol. The molecule has 0 aliphatic carbocycles. The van der Waals surface area contributed by atoms with Gasteiger partial charge in [0.1, 0.15) is 11.6 Å². The molecule has 0 spiro atoms. The van der Waals surface area contributed by atoms with Crippen molar-refractivity contribution in [3.63, 3.8) is 0 Å². The Morgan fingerprint density at radius 1 is 1.15 bits per heavy atom. The van der Waals surface area contributed by atoms with Crippen molar-refractivity contribution in [1.82, 2.24) is 20.1 Å². The molecule has 2 saturated heterocycles. The number of aromatic nitrogens is 3. The standard InChI is InChI=1S/C23H24F4N6/c1-12(14-5-4-6-17(21(14)24)23(25,26)27)29-22-15-9-20(28-10-16(15)13(2)30-31-22)33-8-7-18-19(33)11-32(18)3/h4-6,9-10,12,18-19H,7-8,11H2,1-3H3,(H,29,31)/t12-,18?,19?/m1/s1. The average molecular weight is 460 g/mol. The van der Waals surface area contributed by atoms with Crippen molar-refractivity contribution < 1.29 is 17.6 Å². The second kappa shape index (κ2) is 7.79. The lowest BCUT2D eigenvalue weighted by Gasteiger charge is -2.44. The highest BCUT2D eigenvalue weighted by atomic mass is 19.4. The van der Waals surface area contributed by atoms with Gasteiger partial charge >= 0.3 is 6.18 Å². The summed E-state index contributed by atoms with van der Waals surface area (Å²) in [6, 6.07) is 5.42. The van der Waals surface area contributed by atoms with Crippen LogP contribution in [-0.2, 0) is 6.18 Å². The number of halogens is 4. The van der Waals surface area contributed by atoms with E-state index >= 15 is 0 Å². The van der Waals surface area contributed by atoms with Gasteiger partial charge in [-0.05, 0) is 39.4 Å². The van der Waals surface area contributed by atoms with Crippen LogP contribution in [0, 0.1) is 12.7 Å². The Labute approximate surface area is 188 Å². The van der Waals surface area contributed by atoms with Crippen LogP contribution < -0.4 is 10.2 Å². The Kier molecular flexibility index (Phi) is 5.15. The molecule has 3 aromatic rings. The predicted molar refractivity (Wildman–Crippen MR) is 118 cm³/mol. The molecule has 10 heteroatoms. The van der Waals surface area contributed by atoms with Gasteiger partial charge in [0.25, 0.3) is 0 Å². The number of hydrogen-bond donors (Lipinski definition) is 1. The first-order valence-corrected chi connectivity index (χ1v) is 10.9. The summed E-state index contributed by atoms with van der Waals surface area (Å²) >= 11 is 0. The predicted octanol–water partition coefficient (Wildman–Crippen LogP) is 4.56. The first-order valence-electron chi connectivity index (χ1n) is 10.9. The molecule has 6 nitrogen and oxygen atoms in total. The van der Waals surface area contributed by atoms with Crippen LogP contribution in [0.3, 0.4) is 0 Å². The van der Waals surface area contributed by atoms with E-state index in [4.69, 9.17) is 0 Å². The summed E-state index contributed by atoms with van der Waals surface area (Å²) in [5.74, 6) is -0.0737. The molecule has 4 heterocycles. The quantitative estimate of drug-likeness (QED) is 0.577. The summed E-state index contributed by atoms with van der Waals surface area (Å²) in [5.41, 5.74) is -0.682. The van der Waals surface area contributed by atoms with Crippen LogP contribution in [0.15, 0.2) is 30.5 Å². The third kappa shape index (κ3) is 3.66. The minimum Gasteiger partial charge on any atom is -0.361 e. The Morgan fingerprint density at radius 2 is 1.94 bits per heavy atom. The molecule has 2 aromatic heterocycles. The largest absolute Gasteiger partial charge is 0.419 e. The maximum absolute atomic E-state index is 14.7. The van der Waals surface area contributed by atoms with Crippen LogP contribution in [-0.4, -0.2) is 52.3 Å². The number of fused-ring (bicyclic) bond motifs is 2. The van der Waals surface area contributed by atoms with Crippen LogP contribution in [0.5, 0.6) is 0 Å². The zero-order chi connectivity index (χ0) is 23.5. The molecule has 3 atom stereocenters. The van der Waals surface area contributed by atoms with E-state index in [-0.39, 0.29) is 5.56 Å². The van der Waals surface area contributed by atoms with Crippen molar-refractivity contribution in [2.75, 3.05) is 30.4 Å². The maximum Gasteiger partial charge on any atom is 0.419 e. The van der Waals surface area contributed by atoms with Crippen molar-refractivity contribution in [2.24, 2.45) is 0 Å². The lowest BCUT2D eigenvalue weighted by atomic mass is 9.98. The summed E-state index contributed by atoms with van der Waals surface area (Å²) in [4.78, 5) is 9.28. The molecular formula is C23H24F4N6. The molecule has 2 aliphatic heterocycles. The molecule has 174 valence electrons. The molecule has 0 bridgehead atoms. The number of likely N-dealkylation sites (N-methyl/N-ethyl adjacent to an activating group) is 1. The zero-order valence-corrected chi connectivity index (χ0v) is 18.5. The maximum atomic E-state index is 14.7. The topological polar surface area (TPSA) is 57.2 Å². The summed E-state index contributed by atoms with van der Waals surface area (Å²) < 4.78 is 54.1. The molecule has 2 unspecified atom stereocenters. The number of alkyl halides is 3. The molecule has 2 aliphatic rings. The van der Waals surface area contributed by atoms with E-state index in [1.807, 2.05) is 13.0 Å². The highest BCUT2D eigenvalue weighted by Gasteiger charge is 2.45. The van der Waals surface area contributed by atoms with Gasteiger partial charge in [0.2, 0.25) is 0 Å². The number of hydrogen-bond acceptors (Lipinski definition) is 6. The lowest BCUT2D eigenvalue weighted by molar-refractivity contribution is -0.140. The second-order valence-corrected chi connectivity index (χ2v) is 8.85. The summed E-state index contributed by atoms with van der Waals surface area (Å²) in [6.07, 6.45) is -1.93. The number of likely N-dealkylation sites (tertiary alicyclic amines) is 1. The number of nitrogens with one attached hydrogen (secondary N) is 1. The van der Waals surface area contributed by atoms with E-state index in [9.17, 15) is 17.6 Å².